The monoisotopic (exact) mass is 438 g/mol. The van der Waals surface area contributed by atoms with Gasteiger partial charge in [-0.1, -0.05) is 22.0 Å². The molecule has 0 unspecified atom stereocenters. The van der Waals surface area contributed by atoms with Gasteiger partial charge in [-0.25, -0.2) is 4.98 Å². The van der Waals surface area contributed by atoms with Gasteiger partial charge in [0.15, 0.2) is 0 Å². The van der Waals surface area contributed by atoms with E-state index in [2.05, 4.69) is 76.7 Å². The first-order chi connectivity index (χ1) is 13.1. The number of thiazole rings is 1. The van der Waals surface area contributed by atoms with Gasteiger partial charge >= 0.3 is 0 Å². The highest BCUT2D eigenvalue weighted by atomic mass is 79.9. The van der Waals surface area contributed by atoms with Crippen molar-refractivity contribution >= 4 is 43.2 Å². The standard InChI is InChI=1S/C22H19BrN2OS/c1-14-3-9-19-21(11-14)27-22(25-19)15-4-7-18(8-5-15)24-13-16-12-17(23)6-10-20(16)26-2/h3-12,24H,13H2,1-2H3. The molecule has 136 valence electrons. The number of aromatic nitrogens is 1. The van der Waals surface area contributed by atoms with E-state index in [9.17, 15) is 0 Å². The molecule has 3 aromatic carbocycles. The topological polar surface area (TPSA) is 34.1 Å². The number of benzene rings is 3. The number of hydrogen-bond donors (Lipinski definition) is 1. The van der Waals surface area contributed by atoms with Crippen LogP contribution in [0.2, 0.25) is 0 Å². The summed E-state index contributed by atoms with van der Waals surface area (Å²) < 4.78 is 7.71. The Morgan fingerprint density at radius 2 is 1.85 bits per heavy atom. The molecule has 1 heterocycles. The van der Waals surface area contributed by atoms with E-state index in [4.69, 9.17) is 9.72 Å². The molecule has 0 aliphatic rings. The molecule has 0 aliphatic heterocycles. The third kappa shape index (κ3) is 3.99. The predicted molar refractivity (Wildman–Crippen MR) is 118 cm³/mol. The molecule has 3 nitrogen and oxygen atoms in total. The Labute approximate surface area is 171 Å². The van der Waals surface area contributed by atoms with Crippen LogP contribution in [0.15, 0.2) is 65.1 Å². The molecule has 0 radical (unpaired) electrons. The van der Waals surface area contributed by atoms with E-state index in [1.54, 1.807) is 18.4 Å². The van der Waals surface area contributed by atoms with Gasteiger partial charge in [-0.05, 0) is 67.1 Å². The molecule has 27 heavy (non-hydrogen) atoms. The minimum absolute atomic E-state index is 0.697. The van der Waals surface area contributed by atoms with E-state index in [0.717, 1.165) is 37.6 Å². The number of aryl methyl sites for hydroxylation is 1. The Kier molecular flexibility index (Phi) is 5.14. The Balaban J connectivity index is 1.51. The molecule has 0 saturated heterocycles. The van der Waals surface area contributed by atoms with Crippen LogP contribution in [0.4, 0.5) is 5.69 Å². The summed E-state index contributed by atoms with van der Waals surface area (Å²) >= 11 is 5.25. The molecule has 5 heteroatoms. The smallest absolute Gasteiger partial charge is 0.124 e. The summed E-state index contributed by atoms with van der Waals surface area (Å²) in [6, 6.07) is 20.8. The van der Waals surface area contributed by atoms with E-state index < -0.39 is 0 Å². The number of fused-ring (bicyclic) bond motifs is 1. The van der Waals surface area contributed by atoms with Crippen LogP contribution >= 0.6 is 27.3 Å². The Morgan fingerprint density at radius 3 is 2.63 bits per heavy atom. The quantitative estimate of drug-likeness (QED) is 0.378. The lowest BCUT2D eigenvalue weighted by Crippen LogP contribution is -2.01. The minimum Gasteiger partial charge on any atom is -0.496 e. The molecule has 0 saturated carbocycles. The zero-order valence-corrected chi connectivity index (χ0v) is 17.5. The molecule has 1 aromatic heterocycles. The van der Waals surface area contributed by atoms with Crippen molar-refractivity contribution in [3.05, 3.63) is 76.3 Å². The molecule has 0 aliphatic carbocycles. The summed E-state index contributed by atoms with van der Waals surface area (Å²) in [6.45, 7) is 2.81. The van der Waals surface area contributed by atoms with Gasteiger partial charge in [0, 0.05) is 27.8 Å². The van der Waals surface area contributed by atoms with Crippen molar-refractivity contribution in [3.63, 3.8) is 0 Å². The first-order valence-corrected chi connectivity index (χ1v) is 10.3. The number of anilines is 1. The molecule has 4 aromatic rings. The SMILES string of the molecule is COc1ccc(Br)cc1CNc1ccc(-c2nc3ccc(C)cc3s2)cc1. The maximum Gasteiger partial charge on any atom is 0.124 e. The van der Waals surface area contributed by atoms with Crippen LogP contribution < -0.4 is 10.1 Å². The largest absolute Gasteiger partial charge is 0.496 e. The van der Waals surface area contributed by atoms with Crippen molar-refractivity contribution in [3.8, 4) is 16.3 Å². The van der Waals surface area contributed by atoms with Gasteiger partial charge in [0.1, 0.15) is 10.8 Å². The van der Waals surface area contributed by atoms with Crippen LogP contribution in [-0.2, 0) is 6.54 Å². The number of hydrogen-bond acceptors (Lipinski definition) is 4. The van der Waals surface area contributed by atoms with E-state index in [0.29, 0.717) is 6.54 Å². The zero-order chi connectivity index (χ0) is 18.8. The van der Waals surface area contributed by atoms with Gasteiger partial charge in [-0.3, -0.25) is 0 Å². The fraction of sp³-hybridized carbons (Fsp3) is 0.136. The van der Waals surface area contributed by atoms with Gasteiger partial charge in [-0.2, -0.15) is 0 Å². The first kappa shape index (κ1) is 18.0. The third-order valence-corrected chi connectivity index (χ3v) is 5.96. The Morgan fingerprint density at radius 1 is 1.04 bits per heavy atom. The number of halogens is 1. The van der Waals surface area contributed by atoms with Gasteiger partial charge in [0.2, 0.25) is 0 Å². The number of nitrogens with one attached hydrogen (secondary N) is 1. The average molecular weight is 439 g/mol. The zero-order valence-electron chi connectivity index (χ0n) is 15.1. The third-order valence-electron chi connectivity index (χ3n) is 4.40. The summed E-state index contributed by atoms with van der Waals surface area (Å²) in [4.78, 5) is 4.76. The lowest BCUT2D eigenvalue weighted by Gasteiger charge is -2.11. The van der Waals surface area contributed by atoms with Crippen LogP contribution in [-0.4, -0.2) is 12.1 Å². The Bertz CT molecular complexity index is 1090. The summed E-state index contributed by atoms with van der Waals surface area (Å²) in [5, 5.41) is 4.51. The molecule has 0 amide bonds. The van der Waals surface area contributed by atoms with Crippen molar-refractivity contribution in [1.82, 2.24) is 4.98 Å². The molecule has 0 spiro atoms. The fourth-order valence-electron chi connectivity index (χ4n) is 2.97. The number of nitrogens with zero attached hydrogens (tertiary/aromatic N) is 1. The van der Waals surface area contributed by atoms with E-state index >= 15 is 0 Å². The second-order valence-corrected chi connectivity index (χ2v) is 8.32. The maximum atomic E-state index is 5.44. The lowest BCUT2D eigenvalue weighted by atomic mass is 10.2. The van der Waals surface area contributed by atoms with E-state index in [-0.39, 0.29) is 0 Å². The van der Waals surface area contributed by atoms with Crippen LogP contribution in [0.1, 0.15) is 11.1 Å². The number of methoxy groups -OCH3 is 1. The van der Waals surface area contributed by atoms with Crippen LogP contribution in [0.3, 0.4) is 0 Å². The summed E-state index contributed by atoms with van der Waals surface area (Å²) in [7, 11) is 1.70. The molecule has 1 N–H and O–H groups in total. The highest BCUT2D eigenvalue weighted by molar-refractivity contribution is 9.10. The first-order valence-electron chi connectivity index (χ1n) is 8.66. The van der Waals surface area contributed by atoms with Crippen LogP contribution in [0.5, 0.6) is 5.75 Å². The van der Waals surface area contributed by atoms with Gasteiger partial charge in [0.25, 0.3) is 0 Å². The number of ether oxygens (including phenoxy) is 1. The number of rotatable bonds is 5. The normalized spacial score (nSPS) is 10.9. The summed E-state index contributed by atoms with van der Waals surface area (Å²) in [5.74, 6) is 0.882. The Hall–Kier alpha value is -2.37. The van der Waals surface area contributed by atoms with Crippen LogP contribution in [0.25, 0.3) is 20.8 Å². The second kappa shape index (κ2) is 7.71. The van der Waals surface area contributed by atoms with Crippen molar-refractivity contribution in [2.75, 3.05) is 12.4 Å². The molecular weight excluding hydrogens is 420 g/mol. The van der Waals surface area contributed by atoms with Crippen molar-refractivity contribution < 1.29 is 4.74 Å². The summed E-state index contributed by atoms with van der Waals surface area (Å²) in [5.41, 5.74) is 5.64. The molecular formula is C22H19BrN2OS. The second-order valence-electron chi connectivity index (χ2n) is 6.38. The lowest BCUT2D eigenvalue weighted by molar-refractivity contribution is 0.410. The van der Waals surface area contributed by atoms with Crippen molar-refractivity contribution in [1.29, 1.82) is 0 Å². The van der Waals surface area contributed by atoms with Crippen molar-refractivity contribution in [2.45, 2.75) is 13.5 Å². The van der Waals surface area contributed by atoms with Gasteiger partial charge < -0.3 is 10.1 Å². The predicted octanol–water partition coefficient (Wildman–Crippen LogP) is 6.65. The van der Waals surface area contributed by atoms with Gasteiger partial charge in [0.05, 0.1) is 17.3 Å². The average Bonchev–Trinajstić information content (AvgIpc) is 3.10. The maximum absolute atomic E-state index is 5.44. The molecule has 4 rings (SSSR count). The van der Waals surface area contributed by atoms with Crippen LogP contribution in [0, 0.1) is 6.92 Å². The van der Waals surface area contributed by atoms with Gasteiger partial charge in [-0.15, -0.1) is 11.3 Å². The summed E-state index contributed by atoms with van der Waals surface area (Å²) in [6.07, 6.45) is 0. The van der Waals surface area contributed by atoms with E-state index in [1.165, 1.54) is 10.3 Å². The molecule has 0 bridgehead atoms. The van der Waals surface area contributed by atoms with E-state index in [1.807, 2.05) is 12.1 Å². The minimum atomic E-state index is 0.697. The highest BCUT2D eigenvalue weighted by Gasteiger charge is 2.07. The fourth-order valence-corrected chi connectivity index (χ4v) is 4.45. The molecule has 0 fully saturated rings. The van der Waals surface area contributed by atoms with Crippen molar-refractivity contribution in [2.24, 2.45) is 0 Å². The highest BCUT2D eigenvalue weighted by Crippen LogP contribution is 2.31. The molecule has 0 atom stereocenters.